The molecule has 0 aliphatic carbocycles. The Bertz CT molecular complexity index is 715. The van der Waals surface area contributed by atoms with Crippen molar-refractivity contribution in [1.82, 2.24) is 19.5 Å². The molecule has 6 heteroatoms. The fraction of sp³-hybridized carbons (Fsp3) is 0.308. The molecular formula is C13H15N5S. The van der Waals surface area contributed by atoms with Crippen molar-refractivity contribution in [2.24, 2.45) is 0 Å². The third-order valence-electron chi connectivity index (χ3n) is 3.18. The van der Waals surface area contributed by atoms with Crippen molar-refractivity contribution in [3.63, 3.8) is 0 Å². The molecule has 98 valence electrons. The lowest BCUT2D eigenvalue weighted by molar-refractivity contribution is 0.662. The summed E-state index contributed by atoms with van der Waals surface area (Å²) in [4.78, 5) is 14.2. The molecule has 0 radical (unpaired) electrons. The van der Waals surface area contributed by atoms with E-state index < -0.39 is 0 Å². The van der Waals surface area contributed by atoms with Crippen LogP contribution in [0.25, 0.3) is 11.0 Å². The van der Waals surface area contributed by atoms with Gasteiger partial charge in [0, 0.05) is 17.3 Å². The van der Waals surface area contributed by atoms with Crippen LogP contribution in [0.3, 0.4) is 0 Å². The smallest absolute Gasteiger partial charge is 0.201 e. The van der Waals surface area contributed by atoms with E-state index in [1.165, 1.54) is 4.88 Å². The maximum atomic E-state index is 6.03. The van der Waals surface area contributed by atoms with E-state index in [2.05, 4.69) is 28.8 Å². The van der Waals surface area contributed by atoms with E-state index in [4.69, 9.17) is 5.73 Å². The number of hydrogen-bond acceptors (Lipinski definition) is 5. The number of hydrogen-bond donors (Lipinski definition) is 1. The number of pyridine rings is 1. The van der Waals surface area contributed by atoms with Crippen molar-refractivity contribution in [2.75, 3.05) is 5.73 Å². The van der Waals surface area contributed by atoms with Crippen molar-refractivity contribution < 1.29 is 0 Å². The molecule has 0 aliphatic rings. The average Bonchev–Trinajstić information content (AvgIpc) is 3.01. The van der Waals surface area contributed by atoms with Crippen LogP contribution < -0.4 is 5.73 Å². The number of nitrogens with two attached hydrogens (primary N) is 1. The SMILES string of the molecule is CCc1cnc(C(C)n2c(N)nc3cnccc32)s1. The lowest BCUT2D eigenvalue weighted by Gasteiger charge is -2.13. The number of nitrogen functional groups attached to an aromatic ring is 1. The van der Waals surface area contributed by atoms with Gasteiger partial charge in [-0.2, -0.15) is 0 Å². The third-order valence-corrected chi connectivity index (χ3v) is 4.50. The Hall–Kier alpha value is -1.95. The van der Waals surface area contributed by atoms with Crippen LogP contribution in [-0.4, -0.2) is 19.5 Å². The molecule has 0 saturated heterocycles. The maximum absolute atomic E-state index is 6.03. The first kappa shape index (κ1) is 12.1. The summed E-state index contributed by atoms with van der Waals surface area (Å²) < 4.78 is 2.01. The Kier molecular flexibility index (Phi) is 2.94. The number of imidazole rings is 1. The fourth-order valence-electron chi connectivity index (χ4n) is 2.17. The molecule has 0 spiro atoms. The molecule has 0 fully saturated rings. The van der Waals surface area contributed by atoms with E-state index in [0.717, 1.165) is 22.5 Å². The highest BCUT2D eigenvalue weighted by molar-refractivity contribution is 7.11. The molecule has 3 aromatic rings. The van der Waals surface area contributed by atoms with E-state index in [1.54, 1.807) is 23.7 Å². The zero-order chi connectivity index (χ0) is 13.4. The van der Waals surface area contributed by atoms with Crippen LogP contribution in [0.4, 0.5) is 5.95 Å². The molecule has 2 N–H and O–H groups in total. The van der Waals surface area contributed by atoms with Gasteiger partial charge in [0.05, 0.1) is 17.8 Å². The van der Waals surface area contributed by atoms with Gasteiger partial charge in [0.15, 0.2) is 0 Å². The molecule has 0 aromatic carbocycles. The van der Waals surface area contributed by atoms with Crippen molar-refractivity contribution in [3.05, 3.63) is 34.5 Å². The van der Waals surface area contributed by atoms with Gasteiger partial charge in [-0.15, -0.1) is 11.3 Å². The average molecular weight is 273 g/mol. The summed E-state index contributed by atoms with van der Waals surface area (Å²) in [5.74, 6) is 0.503. The zero-order valence-electron chi connectivity index (χ0n) is 10.9. The van der Waals surface area contributed by atoms with Gasteiger partial charge in [-0.1, -0.05) is 6.92 Å². The Morgan fingerprint density at radius 2 is 2.26 bits per heavy atom. The molecule has 0 amide bonds. The van der Waals surface area contributed by atoms with Gasteiger partial charge in [0.25, 0.3) is 0 Å². The molecule has 19 heavy (non-hydrogen) atoms. The molecule has 1 atom stereocenters. The van der Waals surface area contributed by atoms with E-state index in [-0.39, 0.29) is 6.04 Å². The Morgan fingerprint density at radius 3 is 3.00 bits per heavy atom. The highest BCUT2D eigenvalue weighted by atomic mass is 32.1. The number of anilines is 1. The second-order valence-corrected chi connectivity index (χ2v) is 5.55. The first-order chi connectivity index (χ1) is 9.20. The maximum Gasteiger partial charge on any atom is 0.201 e. The summed E-state index contributed by atoms with van der Waals surface area (Å²) in [6, 6.07) is 2.02. The van der Waals surface area contributed by atoms with Gasteiger partial charge in [-0.25, -0.2) is 9.97 Å². The predicted molar refractivity (Wildman–Crippen MR) is 77.2 cm³/mol. The fourth-order valence-corrected chi connectivity index (χ4v) is 3.07. The third kappa shape index (κ3) is 1.98. The van der Waals surface area contributed by atoms with Crippen molar-refractivity contribution >= 4 is 28.3 Å². The van der Waals surface area contributed by atoms with Crippen LogP contribution in [0, 0.1) is 0 Å². The largest absolute Gasteiger partial charge is 0.369 e. The summed E-state index contributed by atoms with van der Waals surface area (Å²) in [5, 5.41) is 1.06. The second kappa shape index (κ2) is 4.62. The number of aryl methyl sites for hydroxylation is 1. The van der Waals surface area contributed by atoms with Crippen molar-refractivity contribution in [1.29, 1.82) is 0 Å². The van der Waals surface area contributed by atoms with Crippen molar-refractivity contribution in [2.45, 2.75) is 26.3 Å². The van der Waals surface area contributed by atoms with Gasteiger partial charge in [0.2, 0.25) is 5.95 Å². The first-order valence-electron chi connectivity index (χ1n) is 6.22. The molecule has 3 aromatic heterocycles. The van der Waals surface area contributed by atoms with Crippen LogP contribution >= 0.6 is 11.3 Å². The zero-order valence-corrected chi connectivity index (χ0v) is 11.7. The van der Waals surface area contributed by atoms with Crippen molar-refractivity contribution in [3.8, 4) is 0 Å². The normalized spacial score (nSPS) is 12.9. The molecule has 0 bridgehead atoms. The van der Waals surface area contributed by atoms with Crippen LogP contribution in [0.15, 0.2) is 24.7 Å². The van der Waals surface area contributed by atoms with Crippen LogP contribution in [0.2, 0.25) is 0 Å². The lowest BCUT2D eigenvalue weighted by atomic mass is 10.3. The van der Waals surface area contributed by atoms with E-state index in [9.17, 15) is 0 Å². The van der Waals surface area contributed by atoms with E-state index in [1.807, 2.05) is 16.8 Å². The van der Waals surface area contributed by atoms with Gasteiger partial charge in [-0.05, 0) is 19.4 Å². The van der Waals surface area contributed by atoms with Crippen LogP contribution in [-0.2, 0) is 6.42 Å². The summed E-state index contributed by atoms with van der Waals surface area (Å²) in [5.41, 5.74) is 7.84. The highest BCUT2D eigenvalue weighted by Crippen LogP contribution is 2.29. The summed E-state index contributed by atoms with van der Waals surface area (Å²) >= 11 is 1.73. The van der Waals surface area contributed by atoms with E-state index >= 15 is 0 Å². The van der Waals surface area contributed by atoms with Crippen LogP contribution in [0.1, 0.15) is 29.8 Å². The second-order valence-electron chi connectivity index (χ2n) is 4.40. The van der Waals surface area contributed by atoms with Gasteiger partial charge >= 0.3 is 0 Å². The predicted octanol–water partition coefficient (Wildman–Crippen LogP) is 2.64. The molecule has 3 heterocycles. The number of rotatable bonds is 3. The monoisotopic (exact) mass is 273 g/mol. The number of fused-ring (bicyclic) bond motifs is 1. The lowest BCUT2D eigenvalue weighted by Crippen LogP contribution is -2.09. The molecule has 3 rings (SSSR count). The summed E-state index contributed by atoms with van der Waals surface area (Å²) in [6.07, 6.45) is 6.43. The molecular weight excluding hydrogens is 258 g/mol. The Balaban J connectivity index is 2.10. The summed E-state index contributed by atoms with van der Waals surface area (Å²) in [7, 11) is 0. The molecule has 0 saturated carbocycles. The Morgan fingerprint density at radius 1 is 1.42 bits per heavy atom. The summed E-state index contributed by atoms with van der Waals surface area (Å²) in [6.45, 7) is 4.23. The number of nitrogens with zero attached hydrogens (tertiary/aromatic N) is 4. The minimum Gasteiger partial charge on any atom is -0.369 e. The standard InChI is InChI=1S/C13H15N5S/c1-3-9-6-16-12(19-9)8(2)18-11-4-5-15-7-10(11)17-13(18)14/h4-8H,3H2,1-2H3,(H2,14,17). The number of thiazole rings is 1. The molecule has 0 aliphatic heterocycles. The minimum atomic E-state index is 0.0812. The molecule has 1 unspecified atom stereocenters. The first-order valence-corrected chi connectivity index (χ1v) is 7.04. The topological polar surface area (TPSA) is 69.6 Å². The van der Waals surface area contributed by atoms with Gasteiger partial charge < -0.3 is 10.3 Å². The Labute approximate surface area is 115 Å². The van der Waals surface area contributed by atoms with Crippen LogP contribution in [0.5, 0.6) is 0 Å². The molecule has 5 nitrogen and oxygen atoms in total. The van der Waals surface area contributed by atoms with Gasteiger partial charge in [0.1, 0.15) is 10.5 Å². The van der Waals surface area contributed by atoms with E-state index in [0.29, 0.717) is 5.95 Å². The minimum absolute atomic E-state index is 0.0812. The highest BCUT2D eigenvalue weighted by Gasteiger charge is 2.18. The van der Waals surface area contributed by atoms with Gasteiger partial charge in [-0.3, -0.25) is 4.98 Å². The quantitative estimate of drug-likeness (QED) is 0.796. The number of aromatic nitrogens is 4.